The van der Waals surface area contributed by atoms with E-state index in [9.17, 15) is 19.2 Å². The van der Waals surface area contributed by atoms with Crippen LogP contribution in [0.1, 0.15) is 269 Å². The predicted octanol–water partition coefficient (Wildman–Crippen LogP) is 16.2. The minimum atomic E-state index is -0.461. The lowest BCUT2D eigenvalue weighted by Crippen LogP contribution is -2.23. The van der Waals surface area contributed by atoms with Gasteiger partial charge in [-0.05, 0) is 138 Å². The van der Waals surface area contributed by atoms with E-state index in [0.29, 0.717) is 56.4 Å². The van der Waals surface area contributed by atoms with E-state index in [2.05, 4.69) is 56.9 Å². The number of nitrogens with zero attached hydrogens (tertiary/aromatic N) is 1. The topological polar surface area (TPSA) is 127 Å². The summed E-state index contributed by atoms with van der Waals surface area (Å²) in [7, 11) is 0. The van der Waals surface area contributed by atoms with Crippen molar-refractivity contribution < 1.29 is 47.6 Å². The lowest BCUT2D eigenvalue weighted by atomic mass is 10.1. The zero-order valence-electron chi connectivity index (χ0n) is 47.6. The lowest BCUT2D eigenvalue weighted by molar-refractivity contribution is -0.160. The second-order valence-electron chi connectivity index (χ2n) is 20.8. The maximum absolute atomic E-state index is 13.2. The molecule has 74 heavy (non-hydrogen) atoms. The van der Waals surface area contributed by atoms with Crippen LogP contribution in [0.25, 0.3) is 0 Å². The number of hydrogen-bond donors (Lipinski definition) is 0. The molecular formula is C63H107NO10. The summed E-state index contributed by atoms with van der Waals surface area (Å²) in [6.45, 7) is 13.2. The molecule has 0 aromatic heterocycles. The molecule has 1 aromatic carbocycles. The van der Waals surface area contributed by atoms with Crippen molar-refractivity contribution in [3.8, 4) is 0 Å². The average Bonchev–Trinajstić information content (AvgIpc) is 3.93. The molecule has 1 heterocycles. The van der Waals surface area contributed by atoms with Gasteiger partial charge in [-0.25, -0.2) is 0 Å². The van der Waals surface area contributed by atoms with Gasteiger partial charge in [-0.1, -0.05) is 161 Å². The summed E-state index contributed by atoms with van der Waals surface area (Å²) in [6.07, 6.45) is 42.2. The van der Waals surface area contributed by atoms with Gasteiger partial charge >= 0.3 is 23.9 Å². The van der Waals surface area contributed by atoms with Crippen LogP contribution >= 0.6 is 0 Å². The van der Waals surface area contributed by atoms with Crippen molar-refractivity contribution >= 4 is 23.9 Å². The fourth-order valence-corrected chi connectivity index (χ4v) is 9.19. The Kier molecular flexibility index (Phi) is 43.1. The Morgan fingerprint density at radius 3 is 1.43 bits per heavy atom. The minimum absolute atomic E-state index is 0.00297. The van der Waals surface area contributed by atoms with E-state index in [4.69, 9.17) is 28.4 Å². The minimum Gasteiger partial charge on any atom is -0.462 e. The smallest absolute Gasteiger partial charge is 0.306 e. The van der Waals surface area contributed by atoms with Gasteiger partial charge in [0.1, 0.15) is 25.9 Å². The number of likely N-dealkylation sites (tertiary alicyclic amines) is 1. The SMILES string of the molecule is CCCCC/C=C\C/C=C\CCCCCCCC(=O)OCc1cc(COC(=O)CCC(CCCC)OC(=O)CCCN2CCCC2)cc(COC(=O)CCC(OCCCCCCCC)OCCCCCCCC)c1. The quantitative estimate of drug-likeness (QED) is 0.0203. The summed E-state index contributed by atoms with van der Waals surface area (Å²) >= 11 is 0. The third kappa shape index (κ3) is 38.9. The predicted molar refractivity (Wildman–Crippen MR) is 300 cm³/mol. The van der Waals surface area contributed by atoms with Gasteiger partial charge in [0, 0.05) is 38.9 Å². The molecule has 1 aliphatic rings. The summed E-state index contributed by atoms with van der Waals surface area (Å²) in [6, 6.07) is 5.60. The van der Waals surface area contributed by atoms with Crippen LogP contribution in [-0.4, -0.2) is 74.0 Å². The van der Waals surface area contributed by atoms with Crippen LogP contribution in [0.15, 0.2) is 42.5 Å². The molecule has 2 rings (SSSR count). The fraction of sp³-hybridized carbons (Fsp3) is 0.778. The number of esters is 4. The van der Waals surface area contributed by atoms with E-state index in [-0.39, 0.29) is 62.6 Å². The molecule has 1 atom stereocenters. The van der Waals surface area contributed by atoms with Crippen molar-refractivity contribution in [2.75, 3.05) is 32.8 Å². The summed E-state index contributed by atoms with van der Waals surface area (Å²) in [5.74, 6) is -1.19. The van der Waals surface area contributed by atoms with Crippen LogP contribution in [0.4, 0.5) is 0 Å². The van der Waals surface area contributed by atoms with Crippen molar-refractivity contribution in [2.24, 2.45) is 0 Å². The molecule has 0 aliphatic carbocycles. The zero-order valence-corrected chi connectivity index (χ0v) is 47.6. The summed E-state index contributed by atoms with van der Waals surface area (Å²) in [5, 5.41) is 0. The number of allylic oxidation sites excluding steroid dienone is 4. The molecule has 11 heteroatoms. The third-order valence-corrected chi connectivity index (χ3v) is 13.7. The molecule has 1 aliphatic heterocycles. The second kappa shape index (κ2) is 47.9. The number of benzene rings is 1. The summed E-state index contributed by atoms with van der Waals surface area (Å²) in [4.78, 5) is 54.4. The molecule has 1 fully saturated rings. The Balaban J connectivity index is 1.96. The van der Waals surface area contributed by atoms with Gasteiger partial charge in [0.15, 0.2) is 6.29 Å². The maximum Gasteiger partial charge on any atom is 0.306 e. The first-order chi connectivity index (χ1) is 36.3. The fourth-order valence-electron chi connectivity index (χ4n) is 9.19. The van der Waals surface area contributed by atoms with E-state index >= 15 is 0 Å². The number of carbonyl (C=O) groups is 4. The van der Waals surface area contributed by atoms with Crippen molar-refractivity contribution in [3.63, 3.8) is 0 Å². The van der Waals surface area contributed by atoms with Crippen LogP contribution in [0, 0.1) is 0 Å². The standard InChI is InChI=1S/C63H107NO10/c1-5-9-13-16-19-20-21-22-23-24-25-26-27-28-31-38-59(65)71-52-55-49-56(53-72-60(66)41-40-58(37-12-8-4)74-62(68)39-36-46-64-44-32-33-45-64)51-57(50-55)54-73-61(67)42-43-63(69-47-34-29-17-14-10-6-2)70-48-35-30-18-15-11-7-3/h19-20,22-23,49-51,58,63H,5-18,21,24-48,52-54H2,1-4H3/b20-19-,23-22-. The van der Waals surface area contributed by atoms with Crippen LogP contribution in [0.5, 0.6) is 0 Å². The van der Waals surface area contributed by atoms with Crippen molar-refractivity contribution in [3.05, 3.63) is 59.2 Å². The van der Waals surface area contributed by atoms with Gasteiger partial charge in [0.05, 0.1) is 6.42 Å². The molecule has 0 amide bonds. The van der Waals surface area contributed by atoms with E-state index in [1.54, 1.807) is 0 Å². The average molecular weight is 1040 g/mol. The van der Waals surface area contributed by atoms with Crippen molar-refractivity contribution in [1.29, 1.82) is 0 Å². The summed E-state index contributed by atoms with van der Waals surface area (Å²) in [5.41, 5.74) is 2.13. The highest BCUT2D eigenvalue weighted by Crippen LogP contribution is 2.20. The number of rotatable bonds is 50. The molecule has 1 saturated heterocycles. The molecule has 0 radical (unpaired) electrons. The van der Waals surface area contributed by atoms with Crippen LogP contribution in [0.2, 0.25) is 0 Å². The molecule has 0 saturated carbocycles. The molecular weight excluding hydrogens is 931 g/mol. The lowest BCUT2D eigenvalue weighted by Gasteiger charge is -2.19. The van der Waals surface area contributed by atoms with E-state index in [1.165, 1.54) is 89.9 Å². The molecule has 0 N–H and O–H groups in total. The number of carbonyl (C=O) groups excluding carboxylic acids is 4. The van der Waals surface area contributed by atoms with Crippen LogP contribution in [-0.2, 0) is 67.4 Å². The first kappa shape index (κ1) is 66.6. The molecule has 11 nitrogen and oxygen atoms in total. The monoisotopic (exact) mass is 1040 g/mol. The zero-order chi connectivity index (χ0) is 53.4. The summed E-state index contributed by atoms with van der Waals surface area (Å²) < 4.78 is 35.5. The number of hydrogen-bond acceptors (Lipinski definition) is 11. The van der Waals surface area contributed by atoms with Gasteiger partial charge in [0.2, 0.25) is 0 Å². The van der Waals surface area contributed by atoms with Crippen molar-refractivity contribution in [1.82, 2.24) is 4.90 Å². The molecule has 1 aromatic rings. The van der Waals surface area contributed by atoms with Gasteiger partial charge in [0.25, 0.3) is 0 Å². The Labute approximate surface area is 451 Å². The normalized spacial score (nSPS) is 13.4. The van der Waals surface area contributed by atoms with Crippen LogP contribution in [0.3, 0.4) is 0 Å². The Bertz CT molecular complexity index is 1590. The number of unbranched alkanes of at least 4 members (excludes halogenated alkanes) is 19. The van der Waals surface area contributed by atoms with Gasteiger partial charge in [-0.3, -0.25) is 19.2 Å². The highest BCUT2D eigenvalue weighted by Gasteiger charge is 2.19. The first-order valence-corrected chi connectivity index (χ1v) is 30.3. The van der Waals surface area contributed by atoms with E-state index in [1.807, 2.05) is 18.2 Å². The van der Waals surface area contributed by atoms with Gasteiger partial charge in [-0.2, -0.15) is 0 Å². The van der Waals surface area contributed by atoms with Gasteiger partial charge in [-0.15, -0.1) is 0 Å². The third-order valence-electron chi connectivity index (χ3n) is 13.7. The van der Waals surface area contributed by atoms with Crippen molar-refractivity contribution in [2.45, 2.75) is 285 Å². The molecule has 0 bridgehead atoms. The molecule has 1 unspecified atom stereocenters. The highest BCUT2D eigenvalue weighted by atomic mass is 16.7. The molecule has 424 valence electrons. The van der Waals surface area contributed by atoms with Gasteiger partial charge < -0.3 is 33.3 Å². The largest absolute Gasteiger partial charge is 0.462 e. The van der Waals surface area contributed by atoms with E-state index in [0.717, 1.165) is 115 Å². The first-order valence-electron chi connectivity index (χ1n) is 30.3. The molecule has 0 spiro atoms. The Hall–Kier alpha value is -3.54. The number of ether oxygens (including phenoxy) is 6. The Morgan fingerprint density at radius 1 is 0.459 bits per heavy atom. The highest BCUT2D eigenvalue weighted by molar-refractivity contribution is 5.71. The Morgan fingerprint density at radius 2 is 0.892 bits per heavy atom. The van der Waals surface area contributed by atoms with E-state index < -0.39 is 6.29 Å². The van der Waals surface area contributed by atoms with Crippen LogP contribution < -0.4 is 0 Å². The maximum atomic E-state index is 13.2. The second-order valence-corrected chi connectivity index (χ2v) is 20.8.